The van der Waals surface area contributed by atoms with E-state index in [9.17, 15) is 19.6 Å². The first kappa shape index (κ1) is 34.3. The van der Waals surface area contributed by atoms with E-state index in [0.717, 1.165) is 38.5 Å². The first-order valence-electron chi connectivity index (χ1n) is 14.6. The van der Waals surface area contributed by atoms with Crippen molar-refractivity contribution in [1.82, 2.24) is 16.0 Å². The lowest BCUT2D eigenvalue weighted by Crippen LogP contribution is -2.35. The standard InChI is InChI=1S/C28H56N4O4/c1-4-5-6-7-8-9-10-11-12-13-16-19-26(33)30-23-24-31-28(35)21-20-27(34)29-22-17-14-15-18-25-32(2,3)36/h4-25H2,1-3H3,(H,29,34)(H,30,33)(H,31,35). The molecule has 0 aromatic carbocycles. The number of hydroxylamine groups is 3. The Morgan fingerprint density at radius 3 is 1.42 bits per heavy atom. The Labute approximate surface area is 220 Å². The average Bonchev–Trinajstić information content (AvgIpc) is 2.82. The van der Waals surface area contributed by atoms with E-state index in [-0.39, 0.29) is 35.2 Å². The highest BCUT2D eigenvalue weighted by atomic mass is 16.5. The molecule has 0 atom stereocenters. The number of quaternary nitrogens is 1. The molecule has 0 spiro atoms. The first-order valence-corrected chi connectivity index (χ1v) is 14.6. The number of carbonyl (C=O) groups is 3. The SMILES string of the molecule is CCCCCCCCCCCCCC(=O)NCCNC(=O)CCC(=O)NCCCCCC[N+](C)(C)[O-]. The zero-order valence-corrected chi connectivity index (χ0v) is 23.6. The number of hydrogen-bond donors (Lipinski definition) is 3. The second kappa shape index (κ2) is 23.7. The van der Waals surface area contributed by atoms with Gasteiger partial charge in [0.2, 0.25) is 17.7 Å². The number of hydrogen-bond acceptors (Lipinski definition) is 4. The summed E-state index contributed by atoms with van der Waals surface area (Å²) < 4.78 is -0.259. The number of rotatable bonds is 25. The third-order valence-electron chi connectivity index (χ3n) is 6.30. The van der Waals surface area contributed by atoms with Gasteiger partial charge in [-0.25, -0.2) is 0 Å². The van der Waals surface area contributed by atoms with E-state index in [1.807, 2.05) is 0 Å². The number of amides is 3. The smallest absolute Gasteiger partial charge is 0.220 e. The fourth-order valence-corrected chi connectivity index (χ4v) is 4.04. The molecular weight excluding hydrogens is 456 g/mol. The van der Waals surface area contributed by atoms with Gasteiger partial charge in [-0.2, -0.15) is 0 Å². The predicted octanol–water partition coefficient (Wildman–Crippen LogP) is 4.95. The molecule has 0 saturated carbocycles. The van der Waals surface area contributed by atoms with Crippen LogP contribution >= 0.6 is 0 Å². The molecule has 0 unspecified atom stereocenters. The van der Waals surface area contributed by atoms with Gasteiger partial charge in [-0.3, -0.25) is 14.4 Å². The molecule has 0 saturated heterocycles. The van der Waals surface area contributed by atoms with Gasteiger partial charge in [-0.1, -0.05) is 77.6 Å². The van der Waals surface area contributed by atoms with Gasteiger partial charge in [0.05, 0.1) is 20.6 Å². The predicted molar refractivity (Wildman–Crippen MR) is 148 cm³/mol. The van der Waals surface area contributed by atoms with Gasteiger partial charge < -0.3 is 25.8 Å². The largest absolute Gasteiger partial charge is 0.633 e. The molecule has 3 N–H and O–H groups in total. The van der Waals surface area contributed by atoms with Gasteiger partial charge in [0.1, 0.15) is 0 Å². The van der Waals surface area contributed by atoms with Crippen LogP contribution in [0.25, 0.3) is 0 Å². The fourth-order valence-electron chi connectivity index (χ4n) is 4.04. The van der Waals surface area contributed by atoms with Crippen LogP contribution in [-0.2, 0) is 14.4 Å². The lowest BCUT2D eigenvalue weighted by atomic mass is 10.1. The Morgan fingerprint density at radius 1 is 0.528 bits per heavy atom. The summed E-state index contributed by atoms with van der Waals surface area (Å²) >= 11 is 0. The summed E-state index contributed by atoms with van der Waals surface area (Å²) in [7, 11) is 3.29. The first-order chi connectivity index (χ1) is 17.2. The van der Waals surface area contributed by atoms with Crippen LogP contribution in [0, 0.1) is 5.21 Å². The van der Waals surface area contributed by atoms with E-state index >= 15 is 0 Å². The van der Waals surface area contributed by atoms with Crippen molar-refractivity contribution in [2.75, 3.05) is 40.3 Å². The topological polar surface area (TPSA) is 110 Å². The number of carbonyl (C=O) groups excluding carboxylic acids is 3. The molecule has 0 bridgehead atoms. The molecule has 0 radical (unpaired) electrons. The van der Waals surface area contributed by atoms with Crippen LogP contribution in [0.3, 0.4) is 0 Å². The molecule has 36 heavy (non-hydrogen) atoms. The zero-order valence-electron chi connectivity index (χ0n) is 23.6. The zero-order chi connectivity index (χ0) is 26.9. The maximum atomic E-state index is 11.9. The van der Waals surface area contributed by atoms with Crippen molar-refractivity contribution in [2.45, 2.75) is 122 Å². The molecule has 8 heteroatoms. The molecule has 0 aromatic heterocycles. The lowest BCUT2D eigenvalue weighted by Gasteiger charge is -2.33. The van der Waals surface area contributed by atoms with Crippen molar-refractivity contribution in [3.05, 3.63) is 5.21 Å². The van der Waals surface area contributed by atoms with E-state index in [1.54, 1.807) is 14.1 Å². The molecule has 8 nitrogen and oxygen atoms in total. The molecule has 0 fully saturated rings. The van der Waals surface area contributed by atoms with Crippen molar-refractivity contribution < 1.29 is 19.0 Å². The van der Waals surface area contributed by atoms with Crippen molar-refractivity contribution in [1.29, 1.82) is 0 Å². The van der Waals surface area contributed by atoms with E-state index in [4.69, 9.17) is 0 Å². The van der Waals surface area contributed by atoms with E-state index in [2.05, 4.69) is 22.9 Å². The second-order valence-corrected chi connectivity index (χ2v) is 10.5. The summed E-state index contributed by atoms with van der Waals surface area (Å²) in [5.41, 5.74) is 0. The minimum atomic E-state index is -0.259. The van der Waals surface area contributed by atoms with Crippen LogP contribution in [0.4, 0.5) is 0 Å². The molecule has 212 valence electrons. The lowest BCUT2D eigenvalue weighted by molar-refractivity contribution is -0.840. The van der Waals surface area contributed by atoms with E-state index in [0.29, 0.717) is 32.6 Å². The van der Waals surface area contributed by atoms with Gasteiger partial charge in [0.15, 0.2) is 0 Å². The summed E-state index contributed by atoms with van der Waals surface area (Å²) in [6.45, 7) is 4.25. The quantitative estimate of drug-likeness (QED) is 0.0913. The van der Waals surface area contributed by atoms with Crippen molar-refractivity contribution in [3.63, 3.8) is 0 Å². The number of nitrogens with one attached hydrogen (secondary N) is 3. The Bertz CT molecular complexity index is 564. The molecule has 0 aliphatic rings. The van der Waals surface area contributed by atoms with Crippen LogP contribution in [0.2, 0.25) is 0 Å². The molecule has 0 aliphatic heterocycles. The Balaban J connectivity index is 3.45. The molecule has 0 heterocycles. The minimum Gasteiger partial charge on any atom is -0.633 e. The third-order valence-corrected chi connectivity index (χ3v) is 6.30. The molecule has 0 aliphatic carbocycles. The summed E-state index contributed by atoms with van der Waals surface area (Å²) in [5.74, 6) is -0.263. The monoisotopic (exact) mass is 512 g/mol. The van der Waals surface area contributed by atoms with Gasteiger partial charge in [-0.05, 0) is 25.7 Å². The Morgan fingerprint density at radius 2 is 0.917 bits per heavy atom. The average molecular weight is 513 g/mol. The molecule has 0 rings (SSSR count). The van der Waals surface area contributed by atoms with Crippen LogP contribution in [0.15, 0.2) is 0 Å². The fraction of sp³-hybridized carbons (Fsp3) is 0.893. The summed E-state index contributed by atoms with van der Waals surface area (Å²) in [4.78, 5) is 35.6. The summed E-state index contributed by atoms with van der Waals surface area (Å²) in [6.07, 6.45) is 18.5. The molecule has 0 aromatic rings. The van der Waals surface area contributed by atoms with Crippen molar-refractivity contribution in [3.8, 4) is 0 Å². The highest BCUT2D eigenvalue weighted by Gasteiger charge is 2.07. The highest BCUT2D eigenvalue weighted by molar-refractivity contribution is 5.83. The van der Waals surface area contributed by atoms with Crippen LogP contribution in [0.5, 0.6) is 0 Å². The van der Waals surface area contributed by atoms with Crippen LogP contribution < -0.4 is 16.0 Å². The van der Waals surface area contributed by atoms with Gasteiger partial charge in [-0.15, -0.1) is 0 Å². The summed E-state index contributed by atoms with van der Waals surface area (Å²) in [6, 6.07) is 0. The van der Waals surface area contributed by atoms with Crippen molar-refractivity contribution >= 4 is 17.7 Å². The van der Waals surface area contributed by atoms with E-state index < -0.39 is 0 Å². The van der Waals surface area contributed by atoms with Gasteiger partial charge in [0.25, 0.3) is 0 Å². The van der Waals surface area contributed by atoms with E-state index in [1.165, 1.54) is 57.8 Å². The van der Waals surface area contributed by atoms with Crippen molar-refractivity contribution in [2.24, 2.45) is 0 Å². The summed E-state index contributed by atoms with van der Waals surface area (Å²) in [5, 5.41) is 19.9. The third kappa shape index (κ3) is 26.9. The van der Waals surface area contributed by atoms with Crippen LogP contribution in [-0.4, -0.2) is 62.6 Å². The second-order valence-electron chi connectivity index (χ2n) is 10.5. The molecule has 3 amide bonds. The Hall–Kier alpha value is -1.67. The van der Waals surface area contributed by atoms with Gasteiger partial charge in [0, 0.05) is 38.9 Å². The van der Waals surface area contributed by atoms with Gasteiger partial charge >= 0.3 is 0 Å². The van der Waals surface area contributed by atoms with Crippen LogP contribution in [0.1, 0.15) is 122 Å². The number of unbranched alkanes of at least 4 members (excludes halogenated alkanes) is 13. The molecular formula is C28H56N4O4. The maximum Gasteiger partial charge on any atom is 0.220 e. The normalized spacial score (nSPS) is 11.3. The minimum absolute atomic E-state index is 0.0374. The Kier molecular flexibility index (Phi) is 22.6. The number of nitrogens with zero attached hydrogens (tertiary/aromatic N) is 1. The highest BCUT2D eigenvalue weighted by Crippen LogP contribution is 2.11. The maximum absolute atomic E-state index is 11.9.